The average Bonchev–Trinajstić information content (AvgIpc) is 1.87. The van der Waals surface area contributed by atoms with E-state index >= 15 is 0 Å². The van der Waals surface area contributed by atoms with E-state index in [9.17, 15) is 0 Å². The molecule has 0 aliphatic rings. The Kier molecular flexibility index (Phi) is 4.69. The molecule has 0 fully saturated rings. The van der Waals surface area contributed by atoms with Crippen LogP contribution in [0.25, 0.3) is 0 Å². The molecule has 0 saturated heterocycles. The summed E-state index contributed by atoms with van der Waals surface area (Å²) in [6.45, 7) is 9.02. The van der Waals surface area contributed by atoms with Crippen LogP contribution >= 0.6 is 0 Å². The molecule has 0 spiro atoms. The van der Waals surface area contributed by atoms with Crippen molar-refractivity contribution >= 4 is 0 Å². The molecule has 0 N–H and O–H groups in total. The highest BCUT2D eigenvalue weighted by atomic mass is 16.5. The molecule has 0 bridgehead atoms. The third-order valence-corrected chi connectivity index (χ3v) is 1.77. The first-order chi connectivity index (χ1) is 5.02. The SMILES string of the molecule is CCC(C)(C)OC(C)COC. The molecular formula is C9H20O2. The third-order valence-electron chi connectivity index (χ3n) is 1.77. The Morgan fingerprint density at radius 3 is 2.27 bits per heavy atom. The Bertz CT molecular complexity index is 99.7. The van der Waals surface area contributed by atoms with Crippen molar-refractivity contribution in [2.24, 2.45) is 0 Å². The van der Waals surface area contributed by atoms with Crippen LogP contribution in [0.3, 0.4) is 0 Å². The minimum atomic E-state index is -0.0159. The molecule has 11 heavy (non-hydrogen) atoms. The molecule has 1 unspecified atom stereocenters. The Balaban J connectivity index is 3.64. The van der Waals surface area contributed by atoms with Gasteiger partial charge in [-0.2, -0.15) is 0 Å². The summed E-state index contributed by atoms with van der Waals surface area (Å²) in [6.07, 6.45) is 1.22. The van der Waals surface area contributed by atoms with Crippen LogP contribution in [0.5, 0.6) is 0 Å². The molecule has 0 heterocycles. The molecule has 0 saturated carbocycles. The van der Waals surface area contributed by atoms with Gasteiger partial charge in [-0.05, 0) is 27.2 Å². The molecule has 0 aliphatic heterocycles. The molecule has 2 nitrogen and oxygen atoms in total. The fraction of sp³-hybridized carbons (Fsp3) is 1.00. The number of methoxy groups -OCH3 is 1. The van der Waals surface area contributed by atoms with Crippen molar-refractivity contribution in [3.8, 4) is 0 Å². The summed E-state index contributed by atoms with van der Waals surface area (Å²) in [6, 6.07) is 0. The first-order valence-corrected chi connectivity index (χ1v) is 4.18. The molecule has 68 valence electrons. The van der Waals surface area contributed by atoms with Crippen LogP contribution in [0.4, 0.5) is 0 Å². The summed E-state index contributed by atoms with van der Waals surface area (Å²) in [4.78, 5) is 0. The van der Waals surface area contributed by atoms with Crippen LogP contribution < -0.4 is 0 Å². The fourth-order valence-corrected chi connectivity index (χ4v) is 0.897. The Morgan fingerprint density at radius 1 is 1.36 bits per heavy atom. The van der Waals surface area contributed by atoms with Gasteiger partial charge in [0.15, 0.2) is 0 Å². The summed E-state index contributed by atoms with van der Waals surface area (Å²) < 4.78 is 10.7. The molecule has 2 heteroatoms. The zero-order valence-corrected chi connectivity index (χ0v) is 8.31. The van der Waals surface area contributed by atoms with Crippen molar-refractivity contribution < 1.29 is 9.47 Å². The predicted octanol–water partition coefficient (Wildman–Crippen LogP) is 2.23. The monoisotopic (exact) mass is 160 g/mol. The quantitative estimate of drug-likeness (QED) is 0.614. The minimum Gasteiger partial charge on any atom is -0.382 e. The fourth-order valence-electron chi connectivity index (χ4n) is 0.897. The van der Waals surface area contributed by atoms with E-state index in [-0.39, 0.29) is 11.7 Å². The summed E-state index contributed by atoms with van der Waals surface area (Å²) in [5, 5.41) is 0. The van der Waals surface area contributed by atoms with E-state index in [4.69, 9.17) is 9.47 Å². The van der Waals surface area contributed by atoms with E-state index in [1.807, 2.05) is 6.92 Å². The van der Waals surface area contributed by atoms with Crippen molar-refractivity contribution in [3.63, 3.8) is 0 Å². The second-order valence-electron chi connectivity index (χ2n) is 3.50. The van der Waals surface area contributed by atoms with E-state index in [0.29, 0.717) is 6.61 Å². The zero-order chi connectivity index (χ0) is 8.91. The molecular weight excluding hydrogens is 140 g/mol. The number of rotatable bonds is 5. The number of hydrogen-bond acceptors (Lipinski definition) is 2. The van der Waals surface area contributed by atoms with Crippen molar-refractivity contribution in [1.29, 1.82) is 0 Å². The van der Waals surface area contributed by atoms with Crippen molar-refractivity contribution in [2.75, 3.05) is 13.7 Å². The third kappa shape index (κ3) is 5.22. The lowest BCUT2D eigenvalue weighted by atomic mass is 10.1. The Morgan fingerprint density at radius 2 is 1.91 bits per heavy atom. The standard InChI is InChI=1S/C9H20O2/c1-6-9(3,4)11-8(2)7-10-5/h8H,6-7H2,1-5H3. The summed E-state index contributed by atoms with van der Waals surface area (Å²) in [5.74, 6) is 0. The first-order valence-electron chi connectivity index (χ1n) is 4.18. The van der Waals surface area contributed by atoms with Gasteiger partial charge >= 0.3 is 0 Å². The summed E-state index contributed by atoms with van der Waals surface area (Å²) in [5.41, 5.74) is -0.0159. The molecule has 1 atom stereocenters. The van der Waals surface area contributed by atoms with Crippen molar-refractivity contribution in [1.82, 2.24) is 0 Å². The van der Waals surface area contributed by atoms with Crippen LogP contribution in [0.1, 0.15) is 34.1 Å². The average molecular weight is 160 g/mol. The van der Waals surface area contributed by atoms with Crippen molar-refractivity contribution in [3.05, 3.63) is 0 Å². The molecule has 0 radical (unpaired) electrons. The van der Waals surface area contributed by atoms with Gasteiger partial charge in [0, 0.05) is 7.11 Å². The van der Waals surface area contributed by atoms with Crippen LogP contribution in [-0.4, -0.2) is 25.4 Å². The van der Waals surface area contributed by atoms with Gasteiger partial charge in [-0.1, -0.05) is 6.92 Å². The largest absolute Gasteiger partial charge is 0.382 e. The van der Waals surface area contributed by atoms with E-state index in [1.54, 1.807) is 7.11 Å². The van der Waals surface area contributed by atoms with E-state index < -0.39 is 0 Å². The number of hydrogen-bond donors (Lipinski definition) is 0. The van der Waals surface area contributed by atoms with Crippen LogP contribution in [0.15, 0.2) is 0 Å². The maximum Gasteiger partial charge on any atom is 0.0787 e. The molecule has 0 aromatic heterocycles. The van der Waals surface area contributed by atoms with Gasteiger partial charge in [0.1, 0.15) is 0 Å². The van der Waals surface area contributed by atoms with Gasteiger partial charge < -0.3 is 9.47 Å². The lowest BCUT2D eigenvalue weighted by molar-refractivity contribution is -0.0890. The first kappa shape index (κ1) is 10.9. The van der Waals surface area contributed by atoms with Gasteiger partial charge in [0.25, 0.3) is 0 Å². The maximum atomic E-state index is 5.70. The zero-order valence-electron chi connectivity index (χ0n) is 8.31. The van der Waals surface area contributed by atoms with Gasteiger partial charge in [0.05, 0.1) is 18.3 Å². The van der Waals surface area contributed by atoms with E-state index in [2.05, 4.69) is 20.8 Å². The number of ether oxygens (including phenoxy) is 2. The van der Waals surface area contributed by atoms with Gasteiger partial charge in [-0.3, -0.25) is 0 Å². The Hall–Kier alpha value is -0.0800. The smallest absolute Gasteiger partial charge is 0.0787 e. The molecule has 0 aliphatic carbocycles. The minimum absolute atomic E-state index is 0.0159. The molecule has 0 aromatic rings. The predicted molar refractivity (Wildman–Crippen MR) is 46.8 cm³/mol. The molecule has 0 aromatic carbocycles. The van der Waals surface area contributed by atoms with Gasteiger partial charge in [-0.15, -0.1) is 0 Å². The highest BCUT2D eigenvalue weighted by Gasteiger charge is 2.18. The van der Waals surface area contributed by atoms with Crippen LogP contribution in [-0.2, 0) is 9.47 Å². The normalized spacial score (nSPS) is 15.0. The molecule has 0 amide bonds. The second kappa shape index (κ2) is 4.73. The van der Waals surface area contributed by atoms with Gasteiger partial charge in [0.2, 0.25) is 0 Å². The second-order valence-corrected chi connectivity index (χ2v) is 3.50. The summed E-state index contributed by atoms with van der Waals surface area (Å²) in [7, 11) is 1.69. The Labute approximate surface area is 69.9 Å². The molecule has 0 rings (SSSR count). The lowest BCUT2D eigenvalue weighted by Gasteiger charge is -2.27. The van der Waals surface area contributed by atoms with Gasteiger partial charge in [-0.25, -0.2) is 0 Å². The lowest BCUT2D eigenvalue weighted by Crippen LogP contribution is -2.30. The highest BCUT2D eigenvalue weighted by molar-refractivity contribution is 4.67. The van der Waals surface area contributed by atoms with Crippen LogP contribution in [0, 0.1) is 0 Å². The topological polar surface area (TPSA) is 18.5 Å². The van der Waals surface area contributed by atoms with E-state index in [1.165, 1.54) is 0 Å². The van der Waals surface area contributed by atoms with E-state index in [0.717, 1.165) is 6.42 Å². The highest BCUT2D eigenvalue weighted by Crippen LogP contribution is 2.15. The summed E-state index contributed by atoms with van der Waals surface area (Å²) >= 11 is 0. The van der Waals surface area contributed by atoms with Crippen molar-refractivity contribution in [2.45, 2.75) is 45.8 Å². The maximum absolute atomic E-state index is 5.70. The van der Waals surface area contributed by atoms with Crippen LogP contribution in [0.2, 0.25) is 0 Å².